The quantitative estimate of drug-likeness (QED) is 0.495. The number of carbonyl (C=O) groups is 1. The molecule has 0 spiro atoms. The summed E-state index contributed by atoms with van der Waals surface area (Å²) < 4.78 is 0. The Morgan fingerprint density at radius 2 is 1.93 bits per heavy atom. The molecule has 0 amide bonds. The van der Waals surface area contributed by atoms with E-state index in [2.05, 4.69) is 6.92 Å². The van der Waals surface area contributed by atoms with Gasteiger partial charge in [-0.25, -0.2) is 0 Å². The van der Waals surface area contributed by atoms with Crippen LogP contribution in [0.25, 0.3) is 0 Å². The number of benzene rings is 1. The van der Waals surface area contributed by atoms with Crippen LogP contribution in [0.15, 0.2) is 30.3 Å². The molecule has 1 atom stereocenters. The van der Waals surface area contributed by atoms with Crippen molar-refractivity contribution in [2.75, 3.05) is 0 Å². The molecule has 0 saturated heterocycles. The van der Waals surface area contributed by atoms with Crippen molar-refractivity contribution in [2.45, 2.75) is 38.5 Å². The highest BCUT2D eigenvalue weighted by atomic mass is 16.1. The molecule has 76 valence electrons. The van der Waals surface area contributed by atoms with Crippen LogP contribution in [0.3, 0.4) is 0 Å². The van der Waals surface area contributed by atoms with Crippen LogP contribution in [-0.4, -0.2) is 6.29 Å². The Morgan fingerprint density at radius 1 is 1.21 bits per heavy atom. The summed E-state index contributed by atoms with van der Waals surface area (Å²) in [6.07, 6.45) is 5.64. The first-order chi connectivity index (χ1) is 6.88. The first-order valence-electron chi connectivity index (χ1n) is 5.38. The van der Waals surface area contributed by atoms with Gasteiger partial charge in [0.05, 0.1) is 0 Å². The second-order valence-corrected chi connectivity index (χ2v) is 3.65. The summed E-state index contributed by atoms with van der Waals surface area (Å²) >= 11 is 0. The molecular formula is C13H18O. The van der Waals surface area contributed by atoms with Gasteiger partial charge in [-0.1, -0.05) is 56.5 Å². The van der Waals surface area contributed by atoms with E-state index in [0.29, 0.717) is 0 Å². The van der Waals surface area contributed by atoms with Gasteiger partial charge in [-0.05, 0) is 12.0 Å². The molecule has 0 fully saturated rings. The standard InChI is InChI=1S/C13H18O/c1-2-3-5-10-13(11-14)12-8-6-4-7-9-12/h4,6-9,11,13H,2-3,5,10H2,1H3. The van der Waals surface area contributed by atoms with Gasteiger partial charge in [0.2, 0.25) is 0 Å². The van der Waals surface area contributed by atoms with E-state index in [1.165, 1.54) is 12.8 Å². The van der Waals surface area contributed by atoms with Crippen molar-refractivity contribution in [2.24, 2.45) is 0 Å². The number of hydrogen-bond donors (Lipinski definition) is 0. The molecule has 0 bridgehead atoms. The maximum absolute atomic E-state index is 10.9. The molecule has 0 aliphatic carbocycles. The van der Waals surface area contributed by atoms with Gasteiger partial charge in [0, 0.05) is 5.92 Å². The summed E-state index contributed by atoms with van der Waals surface area (Å²) in [6.45, 7) is 2.18. The van der Waals surface area contributed by atoms with Gasteiger partial charge < -0.3 is 4.79 Å². The molecule has 0 aliphatic heterocycles. The van der Waals surface area contributed by atoms with Crippen LogP contribution in [0.2, 0.25) is 0 Å². The van der Waals surface area contributed by atoms with Crippen LogP contribution < -0.4 is 0 Å². The van der Waals surface area contributed by atoms with Gasteiger partial charge in [0.15, 0.2) is 0 Å². The normalized spacial score (nSPS) is 12.4. The lowest BCUT2D eigenvalue weighted by Crippen LogP contribution is -1.99. The third kappa shape index (κ3) is 3.33. The fourth-order valence-corrected chi connectivity index (χ4v) is 1.63. The van der Waals surface area contributed by atoms with E-state index in [1.807, 2.05) is 30.3 Å². The Hall–Kier alpha value is -1.11. The van der Waals surface area contributed by atoms with E-state index in [9.17, 15) is 4.79 Å². The summed E-state index contributed by atoms with van der Waals surface area (Å²) in [5, 5.41) is 0. The molecule has 0 N–H and O–H groups in total. The Bertz CT molecular complexity index is 253. The topological polar surface area (TPSA) is 17.1 Å². The van der Waals surface area contributed by atoms with Crippen LogP contribution in [0.5, 0.6) is 0 Å². The average Bonchev–Trinajstić information content (AvgIpc) is 2.26. The highest BCUT2D eigenvalue weighted by Gasteiger charge is 2.08. The molecule has 0 aromatic heterocycles. The summed E-state index contributed by atoms with van der Waals surface area (Å²) in [5.74, 6) is 0.0998. The summed E-state index contributed by atoms with van der Waals surface area (Å²) in [4.78, 5) is 10.9. The van der Waals surface area contributed by atoms with Crippen molar-refractivity contribution < 1.29 is 4.79 Å². The molecule has 14 heavy (non-hydrogen) atoms. The lowest BCUT2D eigenvalue weighted by atomic mass is 9.95. The third-order valence-corrected chi connectivity index (χ3v) is 2.51. The van der Waals surface area contributed by atoms with E-state index in [-0.39, 0.29) is 5.92 Å². The second kappa shape index (κ2) is 6.36. The molecule has 1 unspecified atom stereocenters. The van der Waals surface area contributed by atoms with Gasteiger partial charge in [0.25, 0.3) is 0 Å². The van der Waals surface area contributed by atoms with Gasteiger partial charge in [-0.3, -0.25) is 0 Å². The molecule has 1 heteroatoms. The third-order valence-electron chi connectivity index (χ3n) is 2.51. The number of unbranched alkanes of at least 4 members (excludes halogenated alkanes) is 2. The maximum Gasteiger partial charge on any atom is 0.127 e. The Morgan fingerprint density at radius 3 is 2.50 bits per heavy atom. The maximum atomic E-state index is 10.9. The van der Waals surface area contributed by atoms with Crippen molar-refractivity contribution in [1.29, 1.82) is 0 Å². The molecule has 0 aliphatic rings. The molecular weight excluding hydrogens is 172 g/mol. The lowest BCUT2D eigenvalue weighted by molar-refractivity contribution is -0.109. The van der Waals surface area contributed by atoms with Crippen molar-refractivity contribution in [3.63, 3.8) is 0 Å². The van der Waals surface area contributed by atoms with Gasteiger partial charge in [-0.2, -0.15) is 0 Å². The Balaban J connectivity index is 2.50. The Labute approximate surface area is 86.1 Å². The summed E-state index contributed by atoms with van der Waals surface area (Å²) in [7, 11) is 0. The minimum atomic E-state index is 0.0998. The number of hydrogen-bond acceptors (Lipinski definition) is 1. The zero-order valence-electron chi connectivity index (χ0n) is 8.78. The van der Waals surface area contributed by atoms with Gasteiger partial charge in [-0.15, -0.1) is 0 Å². The predicted octanol–water partition coefficient (Wildman–Crippen LogP) is 3.55. The molecule has 1 aromatic carbocycles. The van der Waals surface area contributed by atoms with Crippen LogP contribution >= 0.6 is 0 Å². The lowest BCUT2D eigenvalue weighted by Gasteiger charge is -2.09. The van der Waals surface area contributed by atoms with Crippen LogP contribution in [0, 0.1) is 0 Å². The fourth-order valence-electron chi connectivity index (χ4n) is 1.63. The predicted molar refractivity (Wildman–Crippen MR) is 59.4 cm³/mol. The number of carbonyl (C=O) groups excluding carboxylic acids is 1. The summed E-state index contributed by atoms with van der Waals surface area (Å²) in [6, 6.07) is 10.0. The highest BCUT2D eigenvalue weighted by molar-refractivity contribution is 5.61. The van der Waals surface area contributed by atoms with Crippen molar-refractivity contribution >= 4 is 6.29 Å². The van der Waals surface area contributed by atoms with Gasteiger partial charge >= 0.3 is 0 Å². The molecule has 0 saturated carbocycles. The molecule has 1 nitrogen and oxygen atoms in total. The fraction of sp³-hybridized carbons (Fsp3) is 0.462. The van der Waals surface area contributed by atoms with E-state index in [1.54, 1.807) is 0 Å². The minimum absolute atomic E-state index is 0.0998. The molecule has 1 aromatic rings. The van der Waals surface area contributed by atoms with E-state index >= 15 is 0 Å². The van der Waals surface area contributed by atoms with Crippen molar-refractivity contribution in [1.82, 2.24) is 0 Å². The first-order valence-corrected chi connectivity index (χ1v) is 5.38. The van der Waals surface area contributed by atoms with E-state index < -0.39 is 0 Å². The molecule has 0 radical (unpaired) electrons. The number of rotatable bonds is 6. The van der Waals surface area contributed by atoms with Crippen molar-refractivity contribution in [3.05, 3.63) is 35.9 Å². The number of aldehydes is 1. The van der Waals surface area contributed by atoms with Crippen molar-refractivity contribution in [3.8, 4) is 0 Å². The highest BCUT2D eigenvalue weighted by Crippen LogP contribution is 2.19. The second-order valence-electron chi connectivity index (χ2n) is 3.65. The van der Waals surface area contributed by atoms with Crippen LogP contribution in [-0.2, 0) is 4.79 Å². The van der Waals surface area contributed by atoms with E-state index in [4.69, 9.17) is 0 Å². The zero-order valence-corrected chi connectivity index (χ0v) is 8.78. The van der Waals surface area contributed by atoms with Gasteiger partial charge in [0.1, 0.15) is 6.29 Å². The van der Waals surface area contributed by atoms with Crippen LogP contribution in [0.1, 0.15) is 44.1 Å². The van der Waals surface area contributed by atoms with Crippen LogP contribution in [0.4, 0.5) is 0 Å². The summed E-state index contributed by atoms with van der Waals surface area (Å²) in [5.41, 5.74) is 1.15. The Kier molecular flexibility index (Phi) is 4.98. The smallest absolute Gasteiger partial charge is 0.127 e. The average molecular weight is 190 g/mol. The zero-order chi connectivity index (χ0) is 10.2. The monoisotopic (exact) mass is 190 g/mol. The van der Waals surface area contributed by atoms with E-state index in [0.717, 1.165) is 24.7 Å². The largest absolute Gasteiger partial charge is 0.303 e. The molecule has 0 heterocycles. The molecule has 1 rings (SSSR count). The SMILES string of the molecule is CCCCCC(C=O)c1ccccc1. The minimum Gasteiger partial charge on any atom is -0.303 e. The first kappa shape index (κ1) is 11.0.